The van der Waals surface area contributed by atoms with Gasteiger partial charge >= 0.3 is 12.1 Å². The number of nitrogens with two attached hydrogens (primary N) is 1. The molecule has 1 rings (SSSR count). The predicted octanol–water partition coefficient (Wildman–Crippen LogP) is 4.05. The minimum Gasteiger partial charge on any atom is -0.451 e. The molecule has 1 amide bonds. The lowest BCUT2D eigenvalue weighted by Crippen LogP contribution is -2.27. The lowest BCUT2D eigenvalue weighted by molar-refractivity contribution is -0.205. The number of ether oxygens (including phenoxy) is 1. The van der Waals surface area contributed by atoms with Gasteiger partial charge in [-0.1, -0.05) is 49.6 Å². The molecule has 0 saturated carbocycles. The van der Waals surface area contributed by atoms with Crippen molar-refractivity contribution in [3.8, 4) is 0 Å². The number of alkyl halides is 3. The smallest absolute Gasteiger partial charge is 0.451 e. The van der Waals surface area contributed by atoms with Gasteiger partial charge in [0, 0.05) is 6.42 Å². The molecule has 0 spiro atoms. The van der Waals surface area contributed by atoms with Gasteiger partial charge in [-0.05, 0) is 24.8 Å². The number of benzene rings is 1. The van der Waals surface area contributed by atoms with Gasteiger partial charge in [0.15, 0.2) is 0 Å². The Morgan fingerprint density at radius 3 is 2.17 bits per heavy atom. The molecule has 0 heterocycles. The second kappa shape index (κ2) is 9.95. The van der Waals surface area contributed by atoms with E-state index in [4.69, 9.17) is 5.73 Å². The monoisotopic (exact) mass is 345 g/mol. The summed E-state index contributed by atoms with van der Waals surface area (Å²) < 4.78 is 41.9. The Labute approximate surface area is 139 Å². The zero-order chi connectivity index (χ0) is 18.0. The van der Waals surface area contributed by atoms with E-state index in [1.54, 1.807) is 30.3 Å². The molecule has 1 aromatic rings. The van der Waals surface area contributed by atoms with E-state index < -0.39 is 18.2 Å². The lowest BCUT2D eigenvalue weighted by Gasteiger charge is -2.19. The van der Waals surface area contributed by atoms with Crippen LogP contribution >= 0.6 is 0 Å². The standard InChI is InChI=1S/C17H22F3NO3/c18-17(19,20)16(23)24-14(13-9-5-4-6-10-13)11-7-2-1-3-8-12-15(21)22/h4-6,9-10,14H,1-3,7-8,11-12H2,(H2,21,22). The maximum Gasteiger partial charge on any atom is 0.490 e. The third-order valence-corrected chi connectivity index (χ3v) is 3.54. The zero-order valence-corrected chi connectivity index (χ0v) is 13.3. The van der Waals surface area contributed by atoms with E-state index in [0.29, 0.717) is 31.2 Å². The molecule has 0 aromatic heterocycles. The molecular formula is C17H22F3NO3. The summed E-state index contributed by atoms with van der Waals surface area (Å²) in [6.07, 6.45) is -1.44. The van der Waals surface area contributed by atoms with Gasteiger partial charge in [-0.15, -0.1) is 0 Å². The molecule has 7 heteroatoms. The highest BCUT2D eigenvalue weighted by Gasteiger charge is 2.42. The van der Waals surface area contributed by atoms with Crippen LogP contribution < -0.4 is 5.73 Å². The SMILES string of the molecule is NC(=O)CCCCCCCC(OC(=O)C(F)(F)F)c1ccccc1. The van der Waals surface area contributed by atoms with Crippen molar-refractivity contribution in [3.05, 3.63) is 35.9 Å². The van der Waals surface area contributed by atoms with Gasteiger partial charge in [-0.3, -0.25) is 4.79 Å². The number of carbonyl (C=O) groups is 2. The Morgan fingerprint density at radius 1 is 1.00 bits per heavy atom. The first-order valence-electron chi connectivity index (χ1n) is 7.91. The lowest BCUT2D eigenvalue weighted by atomic mass is 10.0. The van der Waals surface area contributed by atoms with Crippen LogP contribution in [0.15, 0.2) is 30.3 Å². The van der Waals surface area contributed by atoms with Gasteiger partial charge in [-0.25, -0.2) is 4.79 Å². The Bertz CT molecular complexity index is 518. The Hall–Kier alpha value is -2.05. The van der Waals surface area contributed by atoms with E-state index in [9.17, 15) is 22.8 Å². The Kier molecular flexibility index (Phi) is 8.29. The van der Waals surface area contributed by atoms with Crippen LogP contribution in [0.25, 0.3) is 0 Å². The first-order valence-corrected chi connectivity index (χ1v) is 7.91. The van der Waals surface area contributed by atoms with Gasteiger partial charge in [0.25, 0.3) is 0 Å². The van der Waals surface area contributed by atoms with Crippen LogP contribution in [-0.4, -0.2) is 18.1 Å². The summed E-state index contributed by atoms with van der Waals surface area (Å²) >= 11 is 0. The molecule has 0 aliphatic carbocycles. The number of hydrogen-bond acceptors (Lipinski definition) is 3. The molecule has 0 bridgehead atoms. The summed E-state index contributed by atoms with van der Waals surface area (Å²) in [6, 6.07) is 8.40. The highest BCUT2D eigenvalue weighted by atomic mass is 19.4. The van der Waals surface area contributed by atoms with Crippen LogP contribution in [0.5, 0.6) is 0 Å². The number of amides is 1. The van der Waals surface area contributed by atoms with Crippen molar-refractivity contribution in [2.45, 2.75) is 57.2 Å². The molecular weight excluding hydrogens is 323 g/mol. The molecule has 24 heavy (non-hydrogen) atoms. The van der Waals surface area contributed by atoms with Crippen molar-refractivity contribution in [2.75, 3.05) is 0 Å². The molecule has 1 aromatic carbocycles. The van der Waals surface area contributed by atoms with Crippen LogP contribution in [0.1, 0.15) is 56.6 Å². The van der Waals surface area contributed by atoms with Gasteiger partial charge in [-0.2, -0.15) is 13.2 Å². The van der Waals surface area contributed by atoms with Crippen LogP contribution in [0.3, 0.4) is 0 Å². The molecule has 2 N–H and O–H groups in total. The van der Waals surface area contributed by atoms with Gasteiger partial charge in [0.05, 0.1) is 0 Å². The largest absolute Gasteiger partial charge is 0.490 e. The molecule has 0 radical (unpaired) electrons. The van der Waals surface area contributed by atoms with Gasteiger partial charge in [0.2, 0.25) is 5.91 Å². The molecule has 0 fully saturated rings. The number of primary amides is 1. The normalized spacial score (nSPS) is 12.6. The summed E-state index contributed by atoms with van der Waals surface area (Å²) in [5, 5.41) is 0. The number of rotatable bonds is 10. The summed E-state index contributed by atoms with van der Waals surface area (Å²) in [5.74, 6) is -2.50. The molecule has 1 atom stereocenters. The van der Waals surface area contributed by atoms with Gasteiger partial charge in [0.1, 0.15) is 6.10 Å². The third-order valence-electron chi connectivity index (χ3n) is 3.54. The van der Waals surface area contributed by atoms with E-state index in [1.807, 2.05) is 0 Å². The van der Waals surface area contributed by atoms with Crippen molar-refractivity contribution in [2.24, 2.45) is 5.73 Å². The predicted molar refractivity (Wildman–Crippen MR) is 82.8 cm³/mol. The van der Waals surface area contributed by atoms with Crippen LogP contribution in [0.4, 0.5) is 13.2 Å². The molecule has 0 aliphatic heterocycles. The fourth-order valence-corrected chi connectivity index (χ4v) is 2.32. The Morgan fingerprint density at radius 2 is 1.58 bits per heavy atom. The molecule has 134 valence electrons. The van der Waals surface area contributed by atoms with Crippen LogP contribution in [0.2, 0.25) is 0 Å². The van der Waals surface area contributed by atoms with Crippen molar-refractivity contribution < 1.29 is 27.5 Å². The molecule has 4 nitrogen and oxygen atoms in total. The minimum absolute atomic E-state index is 0.321. The number of halogens is 3. The maximum absolute atomic E-state index is 12.4. The first kappa shape index (κ1) is 20.0. The van der Waals surface area contributed by atoms with Gasteiger partial charge < -0.3 is 10.5 Å². The average molecular weight is 345 g/mol. The summed E-state index contributed by atoms with van der Waals surface area (Å²) in [7, 11) is 0. The molecule has 1 unspecified atom stereocenters. The zero-order valence-electron chi connectivity index (χ0n) is 13.3. The highest BCUT2D eigenvalue weighted by molar-refractivity contribution is 5.75. The summed E-state index contributed by atoms with van der Waals surface area (Å²) in [5.41, 5.74) is 5.58. The van der Waals surface area contributed by atoms with E-state index in [-0.39, 0.29) is 5.91 Å². The fourth-order valence-electron chi connectivity index (χ4n) is 2.32. The summed E-state index contributed by atoms with van der Waals surface area (Å²) in [4.78, 5) is 21.7. The second-order valence-electron chi connectivity index (χ2n) is 5.58. The van der Waals surface area contributed by atoms with Crippen molar-refractivity contribution >= 4 is 11.9 Å². The van der Waals surface area contributed by atoms with E-state index in [1.165, 1.54) is 0 Å². The van der Waals surface area contributed by atoms with Crippen molar-refractivity contribution in [1.29, 1.82) is 0 Å². The topological polar surface area (TPSA) is 69.4 Å². The highest BCUT2D eigenvalue weighted by Crippen LogP contribution is 2.28. The van der Waals surface area contributed by atoms with Crippen molar-refractivity contribution in [1.82, 2.24) is 0 Å². The van der Waals surface area contributed by atoms with E-state index in [0.717, 1.165) is 19.3 Å². The molecule has 0 aliphatic rings. The Balaban J connectivity index is 2.46. The second-order valence-corrected chi connectivity index (χ2v) is 5.58. The third kappa shape index (κ3) is 7.99. The first-order chi connectivity index (χ1) is 11.3. The van der Waals surface area contributed by atoms with Crippen LogP contribution in [-0.2, 0) is 14.3 Å². The molecule has 0 saturated heterocycles. The van der Waals surface area contributed by atoms with Crippen LogP contribution in [0, 0.1) is 0 Å². The fraction of sp³-hybridized carbons (Fsp3) is 0.529. The number of carbonyl (C=O) groups excluding carboxylic acids is 2. The average Bonchev–Trinajstić information content (AvgIpc) is 2.52. The van der Waals surface area contributed by atoms with Crippen molar-refractivity contribution in [3.63, 3.8) is 0 Å². The van der Waals surface area contributed by atoms with E-state index >= 15 is 0 Å². The quantitative estimate of drug-likeness (QED) is 0.514. The number of hydrogen-bond donors (Lipinski definition) is 1. The number of esters is 1. The summed E-state index contributed by atoms with van der Waals surface area (Å²) in [6.45, 7) is 0. The minimum atomic E-state index is -5.00. The maximum atomic E-state index is 12.4. The number of unbranched alkanes of at least 4 members (excludes halogenated alkanes) is 4. The van der Waals surface area contributed by atoms with E-state index in [2.05, 4.69) is 4.74 Å².